The van der Waals surface area contributed by atoms with Gasteiger partial charge in [-0.2, -0.15) is 8.78 Å². The number of furan rings is 1. The molecule has 2 aliphatic rings. The molecule has 3 heterocycles. The molecule has 0 aliphatic carbocycles. The van der Waals surface area contributed by atoms with Gasteiger partial charge in [0, 0.05) is 12.5 Å². The molecule has 0 bridgehead atoms. The normalized spacial score (nSPS) is 20.5. The molecule has 4 rings (SSSR count). The summed E-state index contributed by atoms with van der Waals surface area (Å²) in [5.74, 6) is -0.386. The molecule has 1 atom stereocenters. The highest BCUT2D eigenvalue weighted by Gasteiger charge is 2.37. The third-order valence-electron chi connectivity index (χ3n) is 4.11. The molecule has 1 fully saturated rings. The van der Waals surface area contributed by atoms with E-state index < -0.39 is 17.8 Å². The first-order valence-electron chi connectivity index (χ1n) is 8.58. The van der Waals surface area contributed by atoms with Crippen LogP contribution in [0.4, 0.5) is 14.5 Å². The molecule has 0 radical (unpaired) electrons. The number of rotatable bonds is 5. The van der Waals surface area contributed by atoms with Crippen molar-refractivity contribution in [2.45, 2.75) is 18.3 Å². The predicted octanol–water partition coefficient (Wildman–Crippen LogP) is 3.67. The van der Waals surface area contributed by atoms with Crippen LogP contribution in [0.3, 0.4) is 0 Å². The molecule has 1 amide bonds. The van der Waals surface area contributed by atoms with Crippen molar-refractivity contribution in [3.8, 4) is 5.75 Å². The van der Waals surface area contributed by atoms with Crippen LogP contribution >= 0.6 is 11.8 Å². The SMILES string of the molecule is O=C1OCCC1SC1=NC(=Cc2ccco2)C(=O)N1c1ccc(OC(F)F)cc1. The number of esters is 1. The van der Waals surface area contributed by atoms with E-state index in [-0.39, 0.29) is 17.4 Å². The monoisotopic (exact) mass is 420 g/mol. The lowest BCUT2D eigenvalue weighted by molar-refractivity contribution is -0.137. The summed E-state index contributed by atoms with van der Waals surface area (Å²) in [6.45, 7) is -2.63. The number of cyclic esters (lactones) is 1. The zero-order valence-electron chi connectivity index (χ0n) is 14.8. The summed E-state index contributed by atoms with van der Waals surface area (Å²) in [5, 5.41) is -0.187. The number of aliphatic imine (C=N–C) groups is 1. The van der Waals surface area contributed by atoms with Crippen molar-refractivity contribution in [1.82, 2.24) is 0 Å². The van der Waals surface area contributed by atoms with Crippen LogP contribution in [0.15, 0.2) is 57.8 Å². The van der Waals surface area contributed by atoms with Gasteiger partial charge in [-0.3, -0.25) is 14.5 Å². The predicted molar refractivity (Wildman–Crippen MR) is 102 cm³/mol. The second-order valence-corrected chi connectivity index (χ2v) is 7.18. The number of amides is 1. The number of thioether (sulfide) groups is 1. The second-order valence-electron chi connectivity index (χ2n) is 6.02. The average molecular weight is 420 g/mol. The standard InChI is InChI=1S/C19H14F2N2O5S/c20-18(21)28-12-5-3-11(4-6-12)23-16(24)14(10-13-2-1-8-26-13)22-19(23)29-15-7-9-27-17(15)25/h1-6,8,10,15,18H,7,9H2. The molecule has 2 aliphatic heterocycles. The van der Waals surface area contributed by atoms with Gasteiger partial charge in [-0.15, -0.1) is 0 Å². The Hall–Kier alpha value is -3.14. The van der Waals surface area contributed by atoms with E-state index in [2.05, 4.69) is 9.73 Å². The van der Waals surface area contributed by atoms with Gasteiger partial charge in [-0.25, -0.2) is 4.99 Å². The lowest BCUT2D eigenvalue weighted by Gasteiger charge is -2.19. The maximum atomic E-state index is 13.0. The number of amidine groups is 1. The van der Waals surface area contributed by atoms with Gasteiger partial charge in [-0.1, -0.05) is 11.8 Å². The van der Waals surface area contributed by atoms with Gasteiger partial charge >= 0.3 is 12.6 Å². The number of carbonyl (C=O) groups is 2. The van der Waals surface area contributed by atoms with E-state index in [0.717, 1.165) is 11.8 Å². The summed E-state index contributed by atoms with van der Waals surface area (Å²) < 4.78 is 39.3. The molecule has 1 unspecified atom stereocenters. The Labute approximate surface area is 168 Å². The fourth-order valence-corrected chi connectivity index (χ4v) is 3.88. The van der Waals surface area contributed by atoms with Gasteiger partial charge in [-0.05, 0) is 36.4 Å². The van der Waals surface area contributed by atoms with Crippen molar-refractivity contribution in [3.63, 3.8) is 0 Å². The molecule has 2 aromatic rings. The van der Waals surface area contributed by atoms with Crippen LogP contribution in [0, 0.1) is 0 Å². The number of anilines is 1. The first kappa shape index (κ1) is 19.2. The van der Waals surface area contributed by atoms with Crippen LogP contribution in [-0.4, -0.2) is 35.5 Å². The molecular formula is C19H14F2N2O5S. The Bertz CT molecular complexity index is 973. The summed E-state index contributed by atoms with van der Waals surface area (Å²) in [6, 6.07) is 8.95. The van der Waals surface area contributed by atoms with Gasteiger partial charge in [0.2, 0.25) is 0 Å². The Morgan fingerprint density at radius 1 is 1.24 bits per heavy atom. The molecule has 7 nitrogen and oxygen atoms in total. The average Bonchev–Trinajstić information content (AvgIpc) is 3.40. The van der Waals surface area contributed by atoms with Gasteiger partial charge < -0.3 is 13.9 Å². The van der Waals surface area contributed by atoms with Crippen molar-refractivity contribution in [1.29, 1.82) is 0 Å². The van der Waals surface area contributed by atoms with E-state index in [1.165, 1.54) is 41.5 Å². The van der Waals surface area contributed by atoms with Crippen LogP contribution in [0.2, 0.25) is 0 Å². The van der Waals surface area contributed by atoms with Gasteiger partial charge in [0.15, 0.2) is 5.17 Å². The molecule has 1 saturated heterocycles. The number of hydrogen-bond donors (Lipinski definition) is 0. The minimum absolute atomic E-state index is 0.0349. The topological polar surface area (TPSA) is 81.3 Å². The number of halogens is 2. The molecule has 1 aromatic heterocycles. The number of hydrogen-bond acceptors (Lipinski definition) is 7. The van der Waals surface area contributed by atoms with Crippen LogP contribution in [-0.2, 0) is 14.3 Å². The zero-order chi connectivity index (χ0) is 20.4. The number of alkyl halides is 2. The van der Waals surface area contributed by atoms with Gasteiger partial charge in [0.05, 0.1) is 18.6 Å². The lowest BCUT2D eigenvalue weighted by Crippen LogP contribution is -2.32. The van der Waals surface area contributed by atoms with Crippen LogP contribution in [0.1, 0.15) is 12.2 Å². The largest absolute Gasteiger partial charge is 0.465 e. The molecule has 10 heteroatoms. The molecular weight excluding hydrogens is 406 g/mol. The number of benzene rings is 1. The maximum Gasteiger partial charge on any atom is 0.387 e. The van der Waals surface area contributed by atoms with Gasteiger partial charge in [0.25, 0.3) is 5.91 Å². The first-order valence-corrected chi connectivity index (χ1v) is 9.46. The summed E-state index contributed by atoms with van der Waals surface area (Å²) in [4.78, 5) is 30.5. The molecule has 150 valence electrons. The highest BCUT2D eigenvalue weighted by atomic mass is 32.2. The third kappa shape index (κ3) is 4.16. The first-order chi connectivity index (χ1) is 14.0. The Kier molecular flexibility index (Phi) is 5.34. The fourth-order valence-electron chi connectivity index (χ4n) is 2.80. The van der Waals surface area contributed by atoms with Crippen molar-refractivity contribution in [2.75, 3.05) is 11.5 Å². The van der Waals surface area contributed by atoms with Crippen LogP contribution < -0.4 is 9.64 Å². The summed E-state index contributed by atoms with van der Waals surface area (Å²) in [6.07, 6.45) is 3.46. The maximum absolute atomic E-state index is 13.0. The summed E-state index contributed by atoms with van der Waals surface area (Å²) in [7, 11) is 0. The third-order valence-corrected chi connectivity index (χ3v) is 5.30. The van der Waals surface area contributed by atoms with E-state index >= 15 is 0 Å². The van der Waals surface area contributed by atoms with E-state index in [4.69, 9.17) is 9.15 Å². The molecule has 0 N–H and O–H groups in total. The molecule has 0 spiro atoms. The van der Waals surface area contributed by atoms with Crippen LogP contribution in [0.25, 0.3) is 6.08 Å². The highest BCUT2D eigenvalue weighted by molar-refractivity contribution is 8.15. The molecule has 29 heavy (non-hydrogen) atoms. The number of nitrogens with zero attached hydrogens (tertiary/aromatic N) is 2. The van der Waals surface area contributed by atoms with E-state index in [0.29, 0.717) is 29.6 Å². The summed E-state index contributed by atoms with van der Waals surface area (Å²) >= 11 is 1.12. The zero-order valence-corrected chi connectivity index (χ0v) is 15.6. The van der Waals surface area contributed by atoms with Crippen molar-refractivity contribution >= 4 is 40.6 Å². The Morgan fingerprint density at radius 2 is 2.03 bits per heavy atom. The number of carbonyl (C=O) groups excluding carboxylic acids is 2. The minimum atomic E-state index is -2.95. The smallest absolute Gasteiger partial charge is 0.387 e. The van der Waals surface area contributed by atoms with E-state index in [9.17, 15) is 18.4 Å². The molecule has 1 aromatic carbocycles. The highest BCUT2D eigenvalue weighted by Crippen LogP contribution is 2.34. The Balaban J connectivity index is 1.65. The summed E-state index contributed by atoms with van der Waals surface area (Å²) in [5.41, 5.74) is 0.527. The fraction of sp³-hybridized carbons (Fsp3) is 0.211. The van der Waals surface area contributed by atoms with Crippen molar-refractivity contribution in [3.05, 3.63) is 54.1 Å². The quantitative estimate of drug-likeness (QED) is 0.542. The van der Waals surface area contributed by atoms with E-state index in [1.54, 1.807) is 12.1 Å². The Morgan fingerprint density at radius 3 is 2.66 bits per heavy atom. The minimum Gasteiger partial charge on any atom is -0.465 e. The van der Waals surface area contributed by atoms with Gasteiger partial charge in [0.1, 0.15) is 22.5 Å². The van der Waals surface area contributed by atoms with E-state index in [1.807, 2.05) is 0 Å². The van der Waals surface area contributed by atoms with Crippen molar-refractivity contribution in [2.24, 2.45) is 4.99 Å². The second kappa shape index (κ2) is 8.08. The molecule has 0 saturated carbocycles. The lowest BCUT2D eigenvalue weighted by atomic mass is 10.2. The van der Waals surface area contributed by atoms with Crippen molar-refractivity contribution < 1.29 is 32.3 Å². The van der Waals surface area contributed by atoms with Crippen LogP contribution in [0.5, 0.6) is 5.75 Å². The number of ether oxygens (including phenoxy) is 2.